The fourth-order valence-corrected chi connectivity index (χ4v) is 3.21. The minimum Gasteiger partial charge on any atom is -0.300 e. The first-order chi connectivity index (χ1) is 11.7. The van der Waals surface area contributed by atoms with E-state index in [-0.39, 0.29) is 5.91 Å². The van der Waals surface area contributed by atoms with Gasteiger partial charge in [-0.1, -0.05) is 42.0 Å². The Labute approximate surface area is 140 Å². The van der Waals surface area contributed by atoms with Gasteiger partial charge in [-0.25, -0.2) is 9.37 Å². The van der Waals surface area contributed by atoms with Gasteiger partial charge in [0.2, 0.25) is 0 Å². The van der Waals surface area contributed by atoms with Crippen LogP contribution in [0.4, 0.5) is 10.1 Å². The Kier molecular flexibility index (Phi) is 3.73. The molecule has 1 aliphatic carbocycles. The number of hydrogen-bond donors (Lipinski definition) is 0. The van der Waals surface area contributed by atoms with Crippen molar-refractivity contribution in [1.29, 1.82) is 0 Å². The topological polar surface area (TPSA) is 33.2 Å². The Hall–Kier alpha value is -2.75. The van der Waals surface area contributed by atoms with Crippen LogP contribution in [0.25, 0.3) is 0 Å². The number of para-hydroxylation sites is 1. The number of hydrogen-bond acceptors (Lipinski definition) is 2. The summed E-state index contributed by atoms with van der Waals surface area (Å²) < 4.78 is 14.0. The molecular formula is C20H17FN2O. The Bertz CT molecular complexity index is 870. The lowest BCUT2D eigenvalue weighted by atomic mass is 10.00. The normalized spacial score (nSPS) is 16.3. The first kappa shape index (κ1) is 14.8. The van der Waals surface area contributed by atoms with Crippen LogP contribution in [0.5, 0.6) is 0 Å². The first-order valence-electron chi connectivity index (χ1n) is 8.12. The number of carbonyl (C=O) groups excluding carboxylic acids is 1. The molecule has 2 aliphatic rings. The number of carbonyl (C=O) groups is 1. The number of halogens is 1. The second kappa shape index (κ2) is 6.04. The van der Waals surface area contributed by atoms with Crippen LogP contribution in [0.2, 0.25) is 0 Å². The van der Waals surface area contributed by atoms with Gasteiger partial charge in [0.15, 0.2) is 0 Å². The third-order valence-electron chi connectivity index (χ3n) is 4.46. The van der Waals surface area contributed by atoms with Crippen molar-refractivity contribution >= 4 is 11.6 Å². The Balaban J connectivity index is 1.61. The van der Waals surface area contributed by atoms with E-state index in [4.69, 9.17) is 0 Å². The van der Waals surface area contributed by atoms with E-state index in [0.717, 1.165) is 30.5 Å². The van der Waals surface area contributed by atoms with Crippen molar-refractivity contribution in [2.24, 2.45) is 0 Å². The van der Waals surface area contributed by atoms with E-state index in [1.807, 2.05) is 12.1 Å². The van der Waals surface area contributed by atoms with Crippen LogP contribution in [0.1, 0.15) is 34.6 Å². The van der Waals surface area contributed by atoms with Gasteiger partial charge in [-0.05, 0) is 31.0 Å². The Morgan fingerprint density at radius 3 is 2.83 bits per heavy atom. The molecule has 0 spiro atoms. The van der Waals surface area contributed by atoms with Crippen molar-refractivity contribution in [2.75, 3.05) is 4.90 Å². The third kappa shape index (κ3) is 2.64. The maximum atomic E-state index is 14.0. The molecule has 1 aliphatic heterocycles. The van der Waals surface area contributed by atoms with Crippen LogP contribution >= 0.6 is 0 Å². The zero-order valence-electron chi connectivity index (χ0n) is 13.2. The fraction of sp³-hybridized carbons (Fsp3) is 0.200. The molecule has 4 heteroatoms. The van der Waals surface area contributed by atoms with Crippen LogP contribution in [-0.4, -0.2) is 10.9 Å². The van der Waals surface area contributed by atoms with Crippen molar-refractivity contribution in [1.82, 2.24) is 4.98 Å². The van der Waals surface area contributed by atoms with E-state index in [2.05, 4.69) is 23.2 Å². The van der Waals surface area contributed by atoms with E-state index >= 15 is 0 Å². The molecule has 0 unspecified atom stereocenters. The van der Waals surface area contributed by atoms with Gasteiger partial charge in [0.05, 0.1) is 12.2 Å². The van der Waals surface area contributed by atoms with Gasteiger partial charge in [0, 0.05) is 17.7 Å². The summed E-state index contributed by atoms with van der Waals surface area (Å²) in [6.07, 6.45) is 9.17. The maximum absolute atomic E-state index is 14.0. The Morgan fingerprint density at radius 2 is 2.04 bits per heavy atom. The number of pyridine rings is 1. The highest BCUT2D eigenvalue weighted by Crippen LogP contribution is 2.29. The average molecular weight is 320 g/mol. The standard InChI is InChI=1S/C20H17FN2O/c21-17-8-4-5-9-18(17)23-13-15-10-11-16(22-19(15)20(23)24)12-14-6-2-1-3-7-14/h1-2,4-6,8-11H,3,7,12-13H2. The second-order valence-corrected chi connectivity index (χ2v) is 6.12. The van der Waals surface area contributed by atoms with Gasteiger partial charge in [0.1, 0.15) is 11.5 Å². The minimum absolute atomic E-state index is 0.227. The number of benzene rings is 1. The van der Waals surface area contributed by atoms with Crippen molar-refractivity contribution < 1.29 is 9.18 Å². The fourth-order valence-electron chi connectivity index (χ4n) is 3.21. The molecular weight excluding hydrogens is 303 g/mol. The third-order valence-corrected chi connectivity index (χ3v) is 4.46. The summed E-state index contributed by atoms with van der Waals surface area (Å²) >= 11 is 0. The van der Waals surface area contributed by atoms with Crippen molar-refractivity contribution in [2.45, 2.75) is 25.8 Å². The molecule has 0 fully saturated rings. The van der Waals surface area contributed by atoms with Crippen molar-refractivity contribution in [3.8, 4) is 0 Å². The summed E-state index contributed by atoms with van der Waals surface area (Å²) in [7, 11) is 0. The number of nitrogens with zero attached hydrogens (tertiary/aromatic N) is 2. The lowest BCUT2D eigenvalue weighted by Crippen LogP contribution is -2.24. The number of amides is 1. The lowest BCUT2D eigenvalue weighted by Gasteiger charge is -2.15. The molecule has 0 bridgehead atoms. The highest BCUT2D eigenvalue weighted by atomic mass is 19.1. The molecule has 0 N–H and O–H groups in total. The molecule has 0 atom stereocenters. The summed E-state index contributed by atoms with van der Waals surface area (Å²) in [6.45, 7) is 0.369. The quantitative estimate of drug-likeness (QED) is 0.849. The molecule has 1 aromatic heterocycles. The molecule has 1 amide bonds. The highest BCUT2D eigenvalue weighted by molar-refractivity contribution is 6.08. The molecule has 24 heavy (non-hydrogen) atoms. The predicted octanol–water partition coefficient (Wildman–Crippen LogP) is 4.20. The van der Waals surface area contributed by atoms with Gasteiger partial charge >= 0.3 is 0 Å². The van der Waals surface area contributed by atoms with Gasteiger partial charge in [-0.2, -0.15) is 0 Å². The Morgan fingerprint density at radius 1 is 1.17 bits per heavy atom. The summed E-state index contributed by atoms with van der Waals surface area (Å²) in [5.41, 5.74) is 3.81. The molecule has 0 radical (unpaired) electrons. The van der Waals surface area contributed by atoms with E-state index in [1.54, 1.807) is 18.2 Å². The monoisotopic (exact) mass is 320 g/mol. The number of rotatable bonds is 3. The number of aromatic nitrogens is 1. The number of fused-ring (bicyclic) bond motifs is 1. The second-order valence-electron chi connectivity index (χ2n) is 6.12. The van der Waals surface area contributed by atoms with Gasteiger partial charge < -0.3 is 0 Å². The molecule has 2 heterocycles. The van der Waals surface area contributed by atoms with E-state index in [9.17, 15) is 9.18 Å². The van der Waals surface area contributed by atoms with Gasteiger partial charge in [-0.3, -0.25) is 9.69 Å². The summed E-state index contributed by atoms with van der Waals surface area (Å²) in [5.74, 6) is -0.618. The van der Waals surface area contributed by atoms with Crippen LogP contribution in [-0.2, 0) is 13.0 Å². The lowest BCUT2D eigenvalue weighted by molar-refractivity contribution is 0.0991. The number of allylic oxidation sites excluding steroid dienone is 4. The summed E-state index contributed by atoms with van der Waals surface area (Å²) in [5, 5.41) is 0. The minimum atomic E-state index is -0.391. The predicted molar refractivity (Wildman–Crippen MR) is 91.3 cm³/mol. The van der Waals surface area contributed by atoms with Crippen LogP contribution in [0.3, 0.4) is 0 Å². The van der Waals surface area contributed by atoms with Gasteiger partial charge in [0.25, 0.3) is 5.91 Å². The molecule has 4 rings (SSSR count). The summed E-state index contributed by atoms with van der Waals surface area (Å²) in [4.78, 5) is 18.7. The number of anilines is 1. The molecule has 0 saturated heterocycles. The highest BCUT2D eigenvalue weighted by Gasteiger charge is 2.31. The van der Waals surface area contributed by atoms with Crippen molar-refractivity contribution in [3.63, 3.8) is 0 Å². The maximum Gasteiger partial charge on any atom is 0.277 e. The van der Waals surface area contributed by atoms with Crippen LogP contribution in [0, 0.1) is 5.82 Å². The zero-order chi connectivity index (χ0) is 16.5. The zero-order valence-corrected chi connectivity index (χ0v) is 13.2. The average Bonchev–Trinajstić information content (AvgIpc) is 2.93. The SMILES string of the molecule is O=C1c2nc(CC3=CC=CCC3)ccc2CN1c1ccccc1F. The van der Waals surface area contributed by atoms with E-state index in [0.29, 0.717) is 17.9 Å². The molecule has 1 aromatic carbocycles. The molecule has 0 saturated carbocycles. The van der Waals surface area contributed by atoms with Crippen LogP contribution < -0.4 is 4.90 Å². The van der Waals surface area contributed by atoms with E-state index in [1.165, 1.54) is 16.5 Å². The smallest absolute Gasteiger partial charge is 0.277 e. The van der Waals surface area contributed by atoms with Crippen molar-refractivity contribution in [3.05, 3.63) is 83.0 Å². The molecule has 120 valence electrons. The largest absolute Gasteiger partial charge is 0.300 e. The van der Waals surface area contributed by atoms with E-state index < -0.39 is 5.82 Å². The van der Waals surface area contributed by atoms with Gasteiger partial charge in [-0.15, -0.1) is 0 Å². The van der Waals surface area contributed by atoms with Crippen LogP contribution in [0.15, 0.2) is 60.2 Å². The first-order valence-corrected chi connectivity index (χ1v) is 8.12. The molecule has 3 nitrogen and oxygen atoms in total. The molecule has 2 aromatic rings. The summed E-state index contributed by atoms with van der Waals surface area (Å²) in [6, 6.07) is 10.3.